The summed E-state index contributed by atoms with van der Waals surface area (Å²) in [6.45, 7) is 0. The molecule has 0 aliphatic rings. The van der Waals surface area contributed by atoms with Crippen LogP contribution in [-0.4, -0.2) is 19.5 Å². The first-order chi connectivity index (χ1) is 8.79. The van der Waals surface area contributed by atoms with E-state index in [4.69, 9.17) is 16.9 Å². The smallest absolute Gasteiger partial charge is 0.169 e. The molecule has 0 N–H and O–H groups in total. The van der Waals surface area contributed by atoms with Gasteiger partial charge < -0.3 is 0 Å². The van der Waals surface area contributed by atoms with Crippen LogP contribution in [0.4, 0.5) is 0 Å². The molecule has 5 nitrogen and oxygen atoms in total. The predicted molar refractivity (Wildman–Crippen MR) is 66.4 cm³/mol. The van der Waals surface area contributed by atoms with Gasteiger partial charge in [-0.2, -0.15) is 5.26 Å². The molecule has 0 aliphatic heterocycles. The summed E-state index contributed by atoms with van der Waals surface area (Å²) in [4.78, 5) is 12.2. The largest absolute Gasteiger partial charge is 0.283 e. The topological polar surface area (TPSA) is 67.4 Å². The maximum Gasteiger partial charge on any atom is 0.169 e. The Labute approximate surface area is 107 Å². The van der Waals surface area contributed by atoms with Gasteiger partial charge in [-0.05, 0) is 24.3 Å². The highest BCUT2D eigenvalue weighted by atomic mass is 35.5. The van der Waals surface area contributed by atoms with Crippen LogP contribution >= 0.6 is 11.6 Å². The Hall–Kier alpha value is -2.45. The third kappa shape index (κ3) is 1.60. The molecular weight excluding hydrogens is 250 g/mol. The van der Waals surface area contributed by atoms with E-state index in [0.29, 0.717) is 21.9 Å². The molecule has 0 spiro atoms. The number of halogens is 1. The van der Waals surface area contributed by atoms with Gasteiger partial charge in [0.25, 0.3) is 0 Å². The van der Waals surface area contributed by atoms with Crippen LogP contribution in [0, 0.1) is 11.3 Å². The van der Waals surface area contributed by atoms with E-state index >= 15 is 0 Å². The normalized spacial score (nSPS) is 10.4. The van der Waals surface area contributed by atoms with Gasteiger partial charge in [-0.15, -0.1) is 0 Å². The number of hydrogen-bond acceptors (Lipinski definition) is 4. The average Bonchev–Trinajstić information content (AvgIpc) is 2.84. The summed E-state index contributed by atoms with van der Waals surface area (Å²) < 4.78 is 1.80. The summed E-state index contributed by atoms with van der Waals surface area (Å²) in [6, 6.07) is 9.21. The fraction of sp³-hybridized carbons (Fsp3) is 0. The fourth-order valence-corrected chi connectivity index (χ4v) is 1.87. The van der Waals surface area contributed by atoms with Crippen molar-refractivity contribution in [2.75, 3.05) is 0 Å². The van der Waals surface area contributed by atoms with Crippen LogP contribution in [0.25, 0.3) is 16.9 Å². The number of hydrogen-bond donors (Lipinski definition) is 0. The van der Waals surface area contributed by atoms with Crippen molar-refractivity contribution < 1.29 is 0 Å². The van der Waals surface area contributed by atoms with Crippen LogP contribution in [-0.2, 0) is 0 Å². The number of fused-ring (bicyclic) bond motifs is 1. The Balaban J connectivity index is 2.20. The van der Waals surface area contributed by atoms with E-state index in [2.05, 4.69) is 21.0 Å². The van der Waals surface area contributed by atoms with Crippen molar-refractivity contribution in [1.29, 1.82) is 5.26 Å². The molecule has 2 aromatic heterocycles. The maximum absolute atomic E-state index is 8.76. The molecule has 0 unspecified atom stereocenters. The molecule has 18 heavy (non-hydrogen) atoms. The lowest BCUT2D eigenvalue weighted by Crippen LogP contribution is -1.94. The Morgan fingerprint density at radius 3 is 2.61 bits per heavy atom. The molecule has 0 amide bonds. The van der Waals surface area contributed by atoms with Gasteiger partial charge in [-0.1, -0.05) is 11.6 Å². The molecule has 0 bridgehead atoms. The standard InChI is InChI=1S/C12H6ClN5/c13-11-10-12(16-6-15-11)18(7-17-10)9-3-1-8(5-14)2-4-9/h1-4,6-7H. The molecule has 0 atom stereocenters. The lowest BCUT2D eigenvalue weighted by molar-refractivity contribution is 1.06. The second-order valence-corrected chi connectivity index (χ2v) is 3.97. The third-order valence-corrected chi connectivity index (χ3v) is 2.84. The molecule has 0 saturated carbocycles. The van der Waals surface area contributed by atoms with Gasteiger partial charge in [0.15, 0.2) is 10.8 Å². The highest BCUT2D eigenvalue weighted by Crippen LogP contribution is 2.20. The SMILES string of the molecule is N#Cc1ccc(-n2cnc3c(Cl)ncnc32)cc1. The van der Waals surface area contributed by atoms with Crippen LogP contribution in [0.3, 0.4) is 0 Å². The van der Waals surface area contributed by atoms with Gasteiger partial charge in [-0.25, -0.2) is 15.0 Å². The van der Waals surface area contributed by atoms with Crippen LogP contribution in [0.2, 0.25) is 5.15 Å². The monoisotopic (exact) mass is 255 g/mol. The van der Waals surface area contributed by atoms with E-state index in [0.717, 1.165) is 5.69 Å². The summed E-state index contributed by atoms with van der Waals surface area (Å²) in [5.41, 5.74) is 2.67. The van der Waals surface area contributed by atoms with Crippen molar-refractivity contribution in [3.8, 4) is 11.8 Å². The van der Waals surface area contributed by atoms with Crippen LogP contribution < -0.4 is 0 Å². The minimum atomic E-state index is 0.326. The molecule has 0 radical (unpaired) electrons. The van der Waals surface area contributed by atoms with E-state index in [1.807, 2.05) is 12.1 Å². The van der Waals surface area contributed by atoms with E-state index in [9.17, 15) is 0 Å². The van der Waals surface area contributed by atoms with Gasteiger partial charge in [0.1, 0.15) is 18.2 Å². The Morgan fingerprint density at radius 1 is 1.11 bits per heavy atom. The molecule has 3 rings (SSSR count). The fourth-order valence-electron chi connectivity index (χ4n) is 1.69. The first-order valence-electron chi connectivity index (χ1n) is 5.13. The van der Waals surface area contributed by atoms with Crippen LogP contribution in [0.1, 0.15) is 5.56 Å². The highest BCUT2D eigenvalue weighted by Gasteiger charge is 2.09. The van der Waals surface area contributed by atoms with Gasteiger partial charge in [-0.3, -0.25) is 4.57 Å². The second kappa shape index (κ2) is 4.09. The summed E-state index contributed by atoms with van der Waals surface area (Å²) in [7, 11) is 0. The minimum Gasteiger partial charge on any atom is -0.283 e. The summed E-state index contributed by atoms with van der Waals surface area (Å²) >= 11 is 5.94. The molecule has 0 saturated heterocycles. The van der Waals surface area contributed by atoms with Crippen molar-refractivity contribution in [2.24, 2.45) is 0 Å². The number of rotatable bonds is 1. The number of nitriles is 1. The Kier molecular flexibility index (Phi) is 2.43. The van der Waals surface area contributed by atoms with Crippen molar-refractivity contribution >= 4 is 22.8 Å². The number of nitrogens with zero attached hydrogens (tertiary/aromatic N) is 5. The van der Waals surface area contributed by atoms with E-state index in [-0.39, 0.29) is 0 Å². The van der Waals surface area contributed by atoms with Gasteiger partial charge in [0.05, 0.1) is 11.6 Å². The van der Waals surface area contributed by atoms with E-state index in [1.54, 1.807) is 23.0 Å². The van der Waals surface area contributed by atoms with Crippen molar-refractivity contribution in [2.45, 2.75) is 0 Å². The summed E-state index contributed by atoms with van der Waals surface area (Å²) in [5, 5.41) is 9.09. The zero-order valence-corrected chi connectivity index (χ0v) is 9.83. The molecule has 3 aromatic rings. The van der Waals surface area contributed by atoms with Gasteiger partial charge in [0, 0.05) is 5.69 Å². The van der Waals surface area contributed by atoms with Crippen LogP contribution in [0.15, 0.2) is 36.9 Å². The minimum absolute atomic E-state index is 0.326. The van der Waals surface area contributed by atoms with E-state index < -0.39 is 0 Å². The molecule has 2 heterocycles. The summed E-state index contributed by atoms with van der Waals surface area (Å²) in [5.74, 6) is 0. The molecule has 86 valence electrons. The highest BCUT2D eigenvalue weighted by molar-refractivity contribution is 6.33. The number of imidazole rings is 1. The number of benzene rings is 1. The maximum atomic E-state index is 8.76. The quantitative estimate of drug-likeness (QED) is 0.626. The number of aromatic nitrogens is 4. The van der Waals surface area contributed by atoms with Gasteiger partial charge in [0.2, 0.25) is 0 Å². The lowest BCUT2D eigenvalue weighted by atomic mass is 10.2. The van der Waals surface area contributed by atoms with E-state index in [1.165, 1.54) is 6.33 Å². The Bertz CT molecular complexity index is 754. The first-order valence-corrected chi connectivity index (χ1v) is 5.51. The van der Waals surface area contributed by atoms with Crippen molar-refractivity contribution in [3.05, 3.63) is 47.6 Å². The molecule has 1 aromatic carbocycles. The predicted octanol–water partition coefficient (Wildman–Crippen LogP) is 2.34. The average molecular weight is 256 g/mol. The van der Waals surface area contributed by atoms with Crippen molar-refractivity contribution in [3.63, 3.8) is 0 Å². The third-order valence-electron chi connectivity index (χ3n) is 2.56. The van der Waals surface area contributed by atoms with Gasteiger partial charge >= 0.3 is 0 Å². The zero-order valence-electron chi connectivity index (χ0n) is 9.08. The Morgan fingerprint density at radius 2 is 1.89 bits per heavy atom. The van der Waals surface area contributed by atoms with Crippen LogP contribution in [0.5, 0.6) is 0 Å². The van der Waals surface area contributed by atoms with Crippen molar-refractivity contribution in [1.82, 2.24) is 19.5 Å². The summed E-state index contributed by atoms with van der Waals surface area (Å²) in [6.07, 6.45) is 3.03. The zero-order chi connectivity index (χ0) is 12.5. The molecule has 6 heteroatoms. The lowest BCUT2D eigenvalue weighted by Gasteiger charge is -2.02. The molecule has 0 aliphatic carbocycles. The second-order valence-electron chi connectivity index (χ2n) is 3.61. The first kappa shape index (κ1) is 10.7. The molecular formula is C12H6ClN5. The molecule has 0 fully saturated rings.